The van der Waals surface area contributed by atoms with Crippen LogP contribution in [0.4, 0.5) is 0 Å². The molecule has 0 bridgehead atoms. The fourth-order valence-corrected chi connectivity index (χ4v) is 3.97. The first-order chi connectivity index (χ1) is 9.03. The third-order valence-corrected chi connectivity index (χ3v) is 5.18. The molecule has 102 valence electrons. The van der Waals surface area contributed by atoms with E-state index >= 15 is 0 Å². The molecule has 0 aromatic heterocycles. The molecule has 2 heteroatoms. The first kappa shape index (κ1) is 12.7. The van der Waals surface area contributed by atoms with E-state index in [1.807, 2.05) is 12.1 Å². The van der Waals surface area contributed by atoms with E-state index < -0.39 is 0 Å². The molecule has 0 aliphatic heterocycles. The van der Waals surface area contributed by atoms with Crippen LogP contribution in [-0.4, -0.2) is 12.9 Å². The first-order valence-electron chi connectivity index (χ1n) is 7.24. The maximum Gasteiger partial charge on any atom is 0.166 e. The molecule has 1 saturated carbocycles. The Morgan fingerprint density at radius 3 is 2.84 bits per heavy atom. The van der Waals surface area contributed by atoms with Gasteiger partial charge in [-0.15, -0.1) is 0 Å². The molecule has 2 atom stereocenters. The van der Waals surface area contributed by atoms with E-state index in [0.29, 0.717) is 11.7 Å². The van der Waals surface area contributed by atoms with Crippen LogP contribution in [0.3, 0.4) is 0 Å². The predicted octanol–water partition coefficient (Wildman–Crippen LogP) is 3.88. The average Bonchev–Trinajstić information content (AvgIpc) is 2.40. The van der Waals surface area contributed by atoms with Gasteiger partial charge in [-0.2, -0.15) is 0 Å². The van der Waals surface area contributed by atoms with Crippen molar-refractivity contribution in [3.05, 3.63) is 29.3 Å². The number of benzene rings is 1. The van der Waals surface area contributed by atoms with Crippen molar-refractivity contribution in [2.45, 2.75) is 39.5 Å². The largest absolute Gasteiger partial charge is 0.497 e. The van der Waals surface area contributed by atoms with Crippen LogP contribution in [0.1, 0.15) is 49.0 Å². The number of ketones is 1. The third-order valence-electron chi connectivity index (χ3n) is 5.18. The van der Waals surface area contributed by atoms with Crippen LogP contribution in [-0.2, 0) is 6.42 Å². The number of fused-ring (bicyclic) bond motifs is 2. The molecular formula is C17H22O2. The fraction of sp³-hybridized carbons (Fsp3) is 0.588. The van der Waals surface area contributed by atoms with Gasteiger partial charge in [0.1, 0.15) is 5.75 Å². The molecular weight excluding hydrogens is 236 g/mol. The van der Waals surface area contributed by atoms with Gasteiger partial charge in [0.2, 0.25) is 0 Å². The van der Waals surface area contributed by atoms with E-state index in [-0.39, 0.29) is 11.3 Å². The lowest BCUT2D eigenvalue weighted by Gasteiger charge is -2.46. The summed E-state index contributed by atoms with van der Waals surface area (Å²) in [6, 6.07) is 5.98. The molecule has 2 aliphatic rings. The van der Waals surface area contributed by atoms with Crippen molar-refractivity contribution in [1.82, 2.24) is 0 Å². The normalized spacial score (nSPS) is 28.5. The molecule has 1 aromatic carbocycles. The number of methoxy groups -OCH3 is 1. The van der Waals surface area contributed by atoms with Gasteiger partial charge in [-0.05, 0) is 48.3 Å². The van der Waals surface area contributed by atoms with Gasteiger partial charge >= 0.3 is 0 Å². The minimum Gasteiger partial charge on any atom is -0.497 e. The van der Waals surface area contributed by atoms with E-state index in [1.54, 1.807) is 7.11 Å². The highest BCUT2D eigenvalue weighted by molar-refractivity contribution is 6.01. The summed E-state index contributed by atoms with van der Waals surface area (Å²) in [5.74, 6) is 1.87. The maximum atomic E-state index is 12.8. The van der Waals surface area contributed by atoms with Crippen LogP contribution in [0.25, 0.3) is 0 Å². The molecule has 3 rings (SSSR count). The molecule has 0 radical (unpaired) electrons. The Morgan fingerprint density at radius 1 is 1.32 bits per heavy atom. The molecule has 0 spiro atoms. The second-order valence-electron chi connectivity index (χ2n) is 6.69. The number of hydrogen-bond donors (Lipinski definition) is 0. The summed E-state index contributed by atoms with van der Waals surface area (Å²) < 4.78 is 5.25. The number of rotatable bonds is 1. The lowest BCUT2D eigenvalue weighted by Crippen LogP contribution is -2.43. The van der Waals surface area contributed by atoms with Gasteiger partial charge in [-0.1, -0.05) is 26.3 Å². The third kappa shape index (κ3) is 1.98. The molecule has 0 unspecified atom stereocenters. The smallest absolute Gasteiger partial charge is 0.166 e. The predicted molar refractivity (Wildman–Crippen MR) is 75.6 cm³/mol. The van der Waals surface area contributed by atoms with Crippen molar-refractivity contribution in [3.8, 4) is 5.75 Å². The van der Waals surface area contributed by atoms with Gasteiger partial charge in [0, 0.05) is 11.5 Å². The molecule has 0 saturated heterocycles. The van der Waals surface area contributed by atoms with Gasteiger partial charge in [-0.25, -0.2) is 0 Å². The standard InChI is InChI=1S/C17H22O2/c1-17(2)8-4-5-13-15(17)9-11-6-7-12(19-3)10-14(11)16(13)18/h6-7,10,13,15H,4-5,8-9H2,1-3H3/t13-,15+/m0/s1. The van der Waals surface area contributed by atoms with E-state index in [2.05, 4.69) is 19.9 Å². The van der Waals surface area contributed by atoms with Crippen molar-refractivity contribution in [1.29, 1.82) is 0 Å². The van der Waals surface area contributed by atoms with E-state index in [0.717, 1.165) is 24.2 Å². The highest BCUT2D eigenvalue weighted by atomic mass is 16.5. The molecule has 0 amide bonds. The molecule has 1 aromatic rings. The number of carbonyl (C=O) groups excluding carboxylic acids is 1. The van der Waals surface area contributed by atoms with Crippen molar-refractivity contribution < 1.29 is 9.53 Å². The Balaban J connectivity index is 2.03. The number of ether oxygens (including phenoxy) is 1. The van der Waals surface area contributed by atoms with Crippen molar-refractivity contribution in [3.63, 3.8) is 0 Å². The van der Waals surface area contributed by atoms with Crippen LogP contribution < -0.4 is 4.74 Å². The Bertz CT molecular complexity index is 516. The van der Waals surface area contributed by atoms with Crippen molar-refractivity contribution in [2.24, 2.45) is 17.3 Å². The summed E-state index contributed by atoms with van der Waals surface area (Å²) in [6.07, 6.45) is 4.53. The summed E-state index contributed by atoms with van der Waals surface area (Å²) in [5, 5.41) is 0. The van der Waals surface area contributed by atoms with Gasteiger partial charge in [0.15, 0.2) is 5.78 Å². The summed E-state index contributed by atoms with van der Waals surface area (Å²) in [7, 11) is 1.65. The SMILES string of the molecule is COc1ccc2c(c1)C(=O)[C@H]1CCCC(C)(C)[C@@H]1C2. The van der Waals surface area contributed by atoms with Crippen LogP contribution in [0.5, 0.6) is 5.75 Å². The molecule has 2 aliphatic carbocycles. The van der Waals surface area contributed by atoms with Crippen LogP contribution in [0.15, 0.2) is 18.2 Å². The van der Waals surface area contributed by atoms with Crippen LogP contribution >= 0.6 is 0 Å². The quantitative estimate of drug-likeness (QED) is 0.764. The average molecular weight is 258 g/mol. The maximum absolute atomic E-state index is 12.8. The first-order valence-corrected chi connectivity index (χ1v) is 7.24. The number of Topliss-reactive ketones (excluding diaryl/α,β-unsaturated/α-hetero) is 1. The highest BCUT2D eigenvalue weighted by Crippen LogP contribution is 2.49. The zero-order valence-electron chi connectivity index (χ0n) is 12.0. The van der Waals surface area contributed by atoms with Gasteiger partial charge in [-0.3, -0.25) is 4.79 Å². The fourth-order valence-electron chi connectivity index (χ4n) is 3.97. The van der Waals surface area contributed by atoms with Crippen LogP contribution in [0.2, 0.25) is 0 Å². The summed E-state index contributed by atoms with van der Waals surface area (Å²) >= 11 is 0. The highest BCUT2D eigenvalue weighted by Gasteiger charge is 2.45. The Kier molecular flexibility index (Phi) is 2.92. The molecule has 1 fully saturated rings. The van der Waals surface area contributed by atoms with Crippen molar-refractivity contribution >= 4 is 5.78 Å². The minimum atomic E-state index is 0.225. The second-order valence-corrected chi connectivity index (χ2v) is 6.69. The second kappa shape index (κ2) is 4.36. The minimum absolute atomic E-state index is 0.225. The van der Waals surface area contributed by atoms with E-state index in [4.69, 9.17) is 4.74 Å². The summed E-state index contributed by atoms with van der Waals surface area (Å²) in [5.41, 5.74) is 2.40. The monoisotopic (exact) mass is 258 g/mol. The zero-order valence-corrected chi connectivity index (χ0v) is 12.0. The molecule has 2 nitrogen and oxygen atoms in total. The lowest BCUT2D eigenvalue weighted by molar-refractivity contribution is 0.0489. The Hall–Kier alpha value is -1.31. The summed E-state index contributed by atoms with van der Waals surface area (Å²) in [4.78, 5) is 12.8. The van der Waals surface area contributed by atoms with Crippen LogP contribution in [0, 0.1) is 17.3 Å². The van der Waals surface area contributed by atoms with E-state index in [9.17, 15) is 4.79 Å². The van der Waals surface area contributed by atoms with Crippen molar-refractivity contribution in [2.75, 3.05) is 7.11 Å². The van der Waals surface area contributed by atoms with E-state index in [1.165, 1.54) is 18.4 Å². The molecule has 19 heavy (non-hydrogen) atoms. The number of carbonyl (C=O) groups is 1. The number of hydrogen-bond acceptors (Lipinski definition) is 2. The lowest BCUT2D eigenvalue weighted by atomic mass is 9.57. The Labute approximate surface area is 115 Å². The van der Waals surface area contributed by atoms with Gasteiger partial charge in [0.05, 0.1) is 7.11 Å². The molecule has 0 heterocycles. The summed E-state index contributed by atoms with van der Waals surface area (Å²) in [6.45, 7) is 4.65. The van der Waals surface area contributed by atoms with Gasteiger partial charge < -0.3 is 4.74 Å². The Morgan fingerprint density at radius 2 is 2.11 bits per heavy atom. The molecule has 0 N–H and O–H groups in total. The zero-order chi connectivity index (χ0) is 13.6. The van der Waals surface area contributed by atoms with Gasteiger partial charge in [0.25, 0.3) is 0 Å². The topological polar surface area (TPSA) is 26.3 Å².